The van der Waals surface area contributed by atoms with Crippen molar-refractivity contribution in [2.75, 3.05) is 4.90 Å². The molecular formula is C83H63NO2. The Hall–Kier alpha value is -9.96. The van der Waals surface area contributed by atoms with Crippen LogP contribution in [0.2, 0.25) is 0 Å². The Kier molecular flexibility index (Phi) is 10.9. The third kappa shape index (κ3) is 7.09. The van der Waals surface area contributed by atoms with E-state index in [1.165, 1.54) is 117 Å². The van der Waals surface area contributed by atoms with Crippen LogP contribution in [0.4, 0.5) is 17.1 Å². The van der Waals surface area contributed by atoms with E-state index in [2.05, 4.69) is 295 Å². The van der Waals surface area contributed by atoms with E-state index in [0.717, 1.165) is 56.4 Å². The molecule has 12 aromatic rings. The number of hydrogen-bond acceptors (Lipinski definition) is 3. The van der Waals surface area contributed by atoms with Crippen molar-refractivity contribution in [2.45, 2.75) is 71.0 Å². The van der Waals surface area contributed by atoms with Crippen LogP contribution in [0.3, 0.4) is 0 Å². The van der Waals surface area contributed by atoms with Gasteiger partial charge in [-0.1, -0.05) is 254 Å². The molecule has 0 saturated carbocycles. The number of fused-ring (bicyclic) bond motifs is 19. The minimum Gasteiger partial charge on any atom is -0.488 e. The van der Waals surface area contributed by atoms with Crippen molar-refractivity contribution in [1.82, 2.24) is 0 Å². The predicted molar refractivity (Wildman–Crippen MR) is 355 cm³/mol. The zero-order valence-electron chi connectivity index (χ0n) is 49.3. The van der Waals surface area contributed by atoms with Gasteiger partial charge in [0.1, 0.15) is 24.7 Å². The van der Waals surface area contributed by atoms with E-state index < -0.39 is 10.8 Å². The molecule has 0 radical (unpaired) electrons. The molecular weight excluding hydrogens is 1040 g/mol. The summed E-state index contributed by atoms with van der Waals surface area (Å²) in [5.74, 6) is 1.93. The van der Waals surface area contributed by atoms with Gasteiger partial charge in [0.15, 0.2) is 0 Å². The van der Waals surface area contributed by atoms with Gasteiger partial charge in [-0.25, -0.2) is 0 Å². The minimum absolute atomic E-state index is 0.264. The second-order valence-electron chi connectivity index (χ2n) is 25.7. The molecule has 3 heteroatoms. The molecule has 412 valence electrons. The maximum atomic E-state index is 7.18. The van der Waals surface area contributed by atoms with Gasteiger partial charge in [-0.15, -0.1) is 0 Å². The number of para-hydroxylation sites is 2. The molecule has 0 unspecified atom stereocenters. The normalized spacial score (nSPS) is 15.0. The highest BCUT2D eigenvalue weighted by Gasteiger charge is 2.50. The summed E-state index contributed by atoms with van der Waals surface area (Å²) in [7, 11) is 0. The Morgan fingerprint density at radius 2 is 0.791 bits per heavy atom. The van der Waals surface area contributed by atoms with Crippen molar-refractivity contribution in [1.29, 1.82) is 0 Å². The summed E-state index contributed by atoms with van der Waals surface area (Å²) in [6.07, 6.45) is 0. The largest absolute Gasteiger partial charge is 0.488 e. The van der Waals surface area contributed by atoms with Crippen LogP contribution >= 0.6 is 0 Å². The fraction of sp³-hybridized carbons (Fsp3) is 0.133. The number of nitrogens with zero attached hydrogens (tertiary/aromatic N) is 1. The van der Waals surface area contributed by atoms with Gasteiger partial charge in [-0.2, -0.15) is 0 Å². The van der Waals surface area contributed by atoms with Crippen molar-refractivity contribution in [3.63, 3.8) is 0 Å². The lowest BCUT2D eigenvalue weighted by Gasteiger charge is -2.34. The molecule has 0 bridgehead atoms. The Labute approximate surface area is 504 Å². The molecule has 2 aliphatic heterocycles. The van der Waals surface area contributed by atoms with Crippen LogP contribution in [-0.2, 0) is 29.5 Å². The Morgan fingerprint density at radius 1 is 0.302 bits per heavy atom. The average Bonchev–Trinajstić information content (AvgIpc) is 1.52. The topological polar surface area (TPSA) is 21.7 Å². The first-order chi connectivity index (χ1) is 42.0. The standard InChI is InChI=1S/C83H63NO2/c1-81(2)68-45-54(41-43-62(68)73-70(81)47-65(66-49-85-71-40-23-21-36-64(71)72(66)73)60-34-19-18-32-56(60)50-25-10-7-11-26-50)84(79-58(51-27-12-8-13-28-51)37-24-38-59(79)52-29-14-9-15-30-52)55-42-44-63-69(46-55)83(5,6)78-76(63)80-75(57-33-17-16-31-53(57)48-86-80)74-61-35-20-22-39-67(61)82(3,4)77(74)78/h7-47H,48-49H2,1-6H3. The first-order valence-electron chi connectivity index (χ1n) is 30.5. The second kappa shape index (κ2) is 18.5. The zero-order valence-corrected chi connectivity index (χ0v) is 49.3. The average molecular weight is 1110 g/mol. The van der Waals surface area contributed by atoms with Crippen LogP contribution in [0.5, 0.6) is 11.5 Å². The highest BCUT2D eigenvalue weighted by atomic mass is 16.5. The molecule has 0 saturated heterocycles. The Morgan fingerprint density at radius 3 is 1.45 bits per heavy atom. The third-order valence-electron chi connectivity index (χ3n) is 20.0. The molecule has 86 heavy (non-hydrogen) atoms. The smallest absolute Gasteiger partial charge is 0.136 e. The predicted octanol–water partition coefficient (Wildman–Crippen LogP) is 21.9. The maximum Gasteiger partial charge on any atom is 0.136 e. The van der Waals surface area contributed by atoms with Crippen molar-refractivity contribution >= 4 is 17.1 Å². The zero-order chi connectivity index (χ0) is 57.8. The molecule has 12 aromatic carbocycles. The number of anilines is 3. The van der Waals surface area contributed by atoms with Crippen LogP contribution in [-0.4, -0.2) is 0 Å². The quantitative estimate of drug-likeness (QED) is 0.159. The van der Waals surface area contributed by atoms with Crippen LogP contribution in [0.15, 0.2) is 249 Å². The Bertz CT molecular complexity index is 4780. The van der Waals surface area contributed by atoms with Crippen molar-refractivity contribution in [2.24, 2.45) is 0 Å². The SMILES string of the molecule is CC1(C)c2cc(N(c3ccc4c(c3)C(C)(C)c3c-4c4c(c5c3C(C)(C)c3ccccc3-5)-c3ccccc3CO4)c3c(-c4ccccc4)cccc3-c3ccccc3)ccc2-c2c1cc(-c1ccccc1-c1ccccc1)c1c2-c2ccccc2OC1. The van der Waals surface area contributed by atoms with E-state index in [4.69, 9.17) is 9.47 Å². The molecule has 17 rings (SSSR count). The molecule has 0 N–H and O–H groups in total. The molecule has 3 aliphatic carbocycles. The van der Waals surface area contributed by atoms with Gasteiger partial charge >= 0.3 is 0 Å². The summed E-state index contributed by atoms with van der Waals surface area (Å²) in [5.41, 5.74) is 34.8. The lowest BCUT2D eigenvalue weighted by Crippen LogP contribution is -2.25. The molecule has 0 spiro atoms. The van der Waals surface area contributed by atoms with E-state index in [9.17, 15) is 0 Å². The van der Waals surface area contributed by atoms with E-state index >= 15 is 0 Å². The molecule has 0 fully saturated rings. The summed E-state index contributed by atoms with van der Waals surface area (Å²) < 4.78 is 13.9. The van der Waals surface area contributed by atoms with Gasteiger partial charge in [-0.05, 0) is 142 Å². The summed E-state index contributed by atoms with van der Waals surface area (Å²) in [5, 5.41) is 0. The van der Waals surface area contributed by atoms with Crippen LogP contribution in [0, 0.1) is 0 Å². The van der Waals surface area contributed by atoms with E-state index in [0.29, 0.717) is 13.2 Å². The van der Waals surface area contributed by atoms with E-state index in [1.807, 2.05) is 0 Å². The van der Waals surface area contributed by atoms with E-state index in [-0.39, 0.29) is 5.41 Å². The fourth-order valence-electron chi connectivity index (χ4n) is 16.0. The van der Waals surface area contributed by atoms with Gasteiger partial charge in [0, 0.05) is 66.6 Å². The molecule has 0 aromatic heterocycles. The van der Waals surface area contributed by atoms with Gasteiger partial charge < -0.3 is 14.4 Å². The number of rotatable bonds is 7. The number of benzene rings is 12. The Balaban J connectivity index is 0.919. The fourth-order valence-corrected chi connectivity index (χ4v) is 16.0. The molecule has 2 heterocycles. The lowest BCUT2D eigenvalue weighted by molar-refractivity contribution is 0.303. The number of ether oxygens (including phenoxy) is 2. The molecule has 0 atom stereocenters. The van der Waals surface area contributed by atoms with Gasteiger partial charge in [0.2, 0.25) is 0 Å². The summed E-state index contributed by atoms with van der Waals surface area (Å²) in [6.45, 7) is 15.7. The molecule has 5 aliphatic rings. The van der Waals surface area contributed by atoms with Gasteiger partial charge in [-0.3, -0.25) is 0 Å². The first-order valence-corrected chi connectivity index (χ1v) is 30.5. The van der Waals surface area contributed by atoms with Crippen LogP contribution in [0.25, 0.3) is 100 Å². The van der Waals surface area contributed by atoms with Crippen LogP contribution < -0.4 is 14.4 Å². The highest BCUT2D eigenvalue weighted by molar-refractivity contribution is 6.07. The maximum absolute atomic E-state index is 7.18. The lowest BCUT2D eigenvalue weighted by atomic mass is 9.71. The summed E-state index contributed by atoms with van der Waals surface area (Å²) >= 11 is 0. The van der Waals surface area contributed by atoms with Crippen LogP contribution in [0.1, 0.15) is 86.1 Å². The third-order valence-corrected chi connectivity index (χ3v) is 20.0. The van der Waals surface area contributed by atoms with Crippen molar-refractivity contribution in [3.05, 3.63) is 293 Å². The number of hydrogen-bond donors (Lipinski definition) is 0. The molecule has 0 amide bonds. The summed E-state index contributed by atoms with van der Waals surface area (Å²) in [4.78, 5) is 2.59. The monoisotopic (exact) mass is 1110 g/mol. The van der Waals surface area contributed by atoms with Crippen molar-refractivity contribution < 1.29 is 9.47 Å². The minimum atomic E-state index is -0.413. The van der Waals surface area contributed by atoms with Crippen molar-refractivity contribution in [3.8, 4) is 112 Å². The van der Waals surface area contributed by atoms with Gasteiger partial charge in [0.05, 0.1) is 5.69 Å². The summed E-state index contributed by atoms with van der Waals surface area (Å²) in [6, 6.07) is 92.5. The highest BCUT2D eigenvalue weighted by Crippen LogP contribution is 2.67. The van der Waals surface area contributed by atoms with E-state index in [1.54, 1.807) is 0 Å². The van der Waals surface area contributed by atoms with Gasteiger partial charge in [0.25, 0.3) is 0 Å². The second-order valence-corrected chi connectivity index (χ2v) is 25.7. The molecule has 3 nitrogen and oxygen atoms in total. The first kappa shape index (κ1) is 50.5.